The highest BCUT2D eigenvalue weighted by molar-refractivity contribution is 7.91. The molecule has 1 amide bonds. The maximum atomic E-state index is 12.9. The summed E-state index contributed by atoms with van der Waals surface area (Å²) in [5, 5.41) is 10.9. The number of aromatic nitrogens is 2. The molecule has 32 heavy (non-hydrogen) atoms. The molecule has 0 aliphatic rings. The molecule has 0 saturated heterocycles. The third kappa shape index (κ3) is 4.59. The summed E-state index contributed by atoms with van der Waals surface area (Å²) in [5.41, 5.74) is -3.36. The zero-order chi connectivity index (χ0) is 23.7. The van der Waals surface area contributed by atoms with Crippen LogP contribution >= 0.6 is 11.6 Å². The van der Waals surface area contributed by atoms with E-state index in [1.54, 1.807) is 18.5 Å². The molecule has 0 bridgehead atoms. The number of nitrogens with zero attached hydrogens (tertiary/aromatic N) is 2. The molecule has 0 saturated carbocycles. The summed E-state index contributed by atoms with van der Waals surface area (Å²) in [4.78, 5) is 19.7. The summed E-state index contributed by atoms with van der Waals surface area (Å²) >= 11 is 5.98. The van der Waals surface area contributed by atoms with Crippen LogP contribution in [0, 0.1) is 0 Å². The Morgan fingerprint density at radius 1 is 1.03 bits per heavy atom. The van der Waals surface area contributed by atoms with E-state index in [1.807, 2.05) is 5.32 Å². The number of carbonyl (C=O) groups excluding carboxylic acids is 1. The van der Waals surface area contributed by atoms with Gasteiger partial charge >= 0.3 is 6.18 Å². The van der Waals surface area contributed by atoms with Crippen LogP contribution in [0.25, 0.3) is 11.4 Å². The van der Waals surface area contributed by atoms with Crippen LogP contribution in [-0.2, 0) is 14.6 Å². The van der Waals surface area contributed by atoms with Crippen LogP contribution < -0.4 is 5.32 Å². The van der Waals surface area contributed by atoms with E-state index >= 15 is 0 Å². The molecule has 2 N–H and O–H groups in total. The number of nitrogens with one attached hydrogen (secondary N) is 1. The molecule has 1 heterocycles. The summed E-state index contributed by atoms with van der Waals surface area (Å²) < 4.78 is 64.2. The number of aliphatic hydroxyl groups is 1. The first kappa shape index (κ1) is 23.6. The molecule has 0 fully saturated rings. The van der Waals surface area contributed by atoms with Crippen molar-refractivity contribution in [1.29, 1.82) is 0 Å². The highest BCUT2D eigenvalue weighted by Gasteiger charge is 2.55. The second kappa shape index (κ2) is 8.49. The van der Waals surface area contributed by atoms with Crippen LogP contribution in [0.5, 0.6) is 0 Å². The van der Waals surface area contributed by atoms with Gasteiger partial charge in [-0.1, -0.05) is 11.6 Å². The van der Waals surface area contributed by atoms with Gasteiger partial charge in [0.1, 0.15) is 0 Å². The molecule has 1 aromatic heterocycles. The SMILES string of the molecule is CC(O)(C(=O)Nc1ccc(S(=O)(=O)c2ccc(-c3ncccn3)cc2)cc1Cl)C(F)(F)F. The van der Waals surface area contributed by atoms with Gasteiger partial charge in [-0.3, -0.25) is 4.79 Å². The zero-order valence-corrected chi connectivity index (χ0v) is 17.8. The number of benzene rings is 2. The average molecular weight is 486 g/mol. The predicted octanol–water partition coefficient (Wildman–Crippen LogP) is 3.88. The molecule has 7 nitrogen and oxygen atoms in total. The molecule has 3 rings (SSSR count). The number of carbonyl (C=O) groups is 1. The first-order valence-electron chi connectivity index (χ1n) is 8.86. The fourth-order valence-electron chi connectivity index (χ4n) is 2.50. The Kier molecular flexibility index (Phi) is 6.27. The summed E-state index contributed by atoms with van der Waals surface area (Å²) in [6, 6.07) is 10.5. The van der Waals surface area contributed by atoms with Crippen molar-refractivity contribution in [3.05, 3.63) is 65.9 Å². The second-order valence-corrected chi connectivity index (χ2v) is 9.12. The van der Waals surface area contributed by atoms with Crippen LogP contribution in [0.4, 0.5) is 18.9 Å². The Hall–Kier alpha value is -3.02. The molecule has 1 unspecified atom stereocenters. The molecular formula is C20H15ClF3N3O4S. The third-order valence-electron chi connectivity index (χ3n) is 4.48. The quantitative estimate of drug-likeness (QED) is 0.567. The summed E-state index contributed by atoms with van der Waals surface area (Å²) in [5.74, 6) is -1.35. The number of sulfone groups is 1. The normalized spacial score (nSPS) is 13.9. The molecular weight excluding hydrogens is 471 g/mol. The van der Waals surface area contributed by atoms with Gasteiger partial charge in [0.25, 0.3) is 5.91 Å². The Labute approximate surface area is 185 Å². The minimum Gasteiger partial charge on any atom is -0.373 e. The van der Waals surface area contributed by atoms with Crippen LogP contribution in [0.1, 0.15) is 6.92 Å². The van der Waals surface area contributed by atoms with Gasteiger partial charge in [-0.05, 0) is 55.5 Å². The van der Waals surface area contributed by atoms with Gasteiger partial charge in [0.15, 0.2) is 5.82 Å². The lowest BCUT2D eigenvalue weighted by molar-refractivity contribution is -0.242. The van der Waals surface area contributed by atoms with Crippen LogP contribution in [0.15, 0.2) is 70.7 Å². The number of halogens is 4. The number of alkyl halides is 3. The molecule has 3 aromatic rings. The highest BCUT2D eigenvalue weighted by Crippen LogP contribution is 2.33. The molecule has 0 spiro atoms. The highest BCUT2D eigenvalue weighted by atomic mass is 35.5. The number of anilines is 1. The molecule has 0 radical (unpaired) electrons. The van der Waals surface area contributed by atoms with Crippen molar-refractivity contribution in [3.8, 4) is 11.4 Å². The van der Waals surface area contributed by atoms with Gasteiger partial charge in [0, 0.05) is 18.0 Å². The van der Waals surface area contributed by atoms with Gasteiger partial charge < -0.3 is 10.4 Å². The van der Waals surface area contributed by atoms with Gasteiger partial charge in [0.05, 0.1) is 20.5 Å². The minimum absolute atomic E-state index is 0.0648. The maximum Gasteiger partial charge on any atom is 0.426 e. The standard InChI is InChI=1S/C20H15ClF3N3O4S/c1-19(29,20(22,23)24)18(28)27-16-8-7-14(11-15(16)21)32(30,31)13-5-3-12(4-6-13)17-25-9-2-10-26-17/h2-11,29H,1H3,(H,27,28). The van der Waals surface area contributed by atoms with Gasteiger partial charge in [-0.2, -0.15) is 13.2 Å². The molecule has 168 valence electrons. The van der Waals surface area contributed by atoms with Crippen LogP contribution in [0.3, 0.4) is 0 Å². The first-order valence-corrected chi connectivity index (χ1v) is 10.7. The van der Waals surface area contributed by atoms with Crippen molar-refractivity contribution in [2.24, 2.45) is 0 Å². The molecule has 1 atom stereocenters. The van der Waals surface area contributed by atoms with Gasteiger partial charge in [-0.25, -0.2) is 18.4 Å². The first-order chi connectivity index (χ1) is 14.8. The van der Waals surface area contributed by atoms with E-state index in [1.165, 1.54) is 24.3 Å². The smallest absolute Gasteiger partial charge is 0.373 e. The van der Waals surface area contributed by atoms with Crippen molar-refractivity contribution < 1.29 is 31.5 Å². The van der Waals surface area contributed by atoms with Gasteiger partial charge in [-0.15, -0.1) is 0 Å². The summed E-state index contributed by atoms with van der Waals surface area (Å²) in [6.45, 7) is 0.291. The Bertz CT molecular complexity index is 1250. The Morgan fingerprint density at radius 2 is 1.59 bits per heavy atom. The minimum atomic E-state index is -5.22. The van der Waals surface area contributed by atoms with Crippen molar-refractivity contribution in [3.63, 3.8) is 0 Å². The molecule has 0 aliphatic carbocycles. The summed E-state index contributed by atoms with van der Waals surface area (Å²) in [7, 11) is -4.02. The van der Waals surface area contributed by atoms with E-state index < -0.39 is 27.5 Å². The largest absolute Gasteiger partial charge is 0.426 e. The lowest BCUT2D eigenvalue weighted by atomic mass is 10.1. The number of rotatable bonds is 5. The number of hydrogen-bond acceptors (Lipinski definition) is 6. The Morgan fingerprint density at radius 3 is 2.12 bits per heavy atom. The van der Waals surface area contributed by atoms with E-state index in [-0.39, 0.29) is 20.5 Å². The molecule has 0 aliphatic heterocycles. The van der Waals surface area contributed by atoms with E-state index in [9.17, 15) is 31.5 Å². The van der Waals surface area contributed by atoms with Crippen molar-refractivity contribution in [2.75, 3.05) is 5.32 Å². The van der Waals surface area contributed by atoms with E-state index in [0.717, 1.165) is 18.2 Å². The lowest BCUT2D eigenvalue weighted by Crippen LogP contribution is -2.52. The monoisotopic (exact) mass is 485 g/mol. The number of amides is 1. The number of hydrogen-bond donors (Lipinski definition) is 2. The fraction of sp³-hybridized carbons (Fsp3) is 0.150. The van der Waals surface area contributed by atoms with Gasteiger partial charge in [0.2, 0.25) is 15.4 Å². The molecule has 12 heteroatoms. The van der Waals surface area contributed by atoms with E-state index in [0.29, 0.717) is 18.3 Å². The van der Waals surface area contributed by atoms with Crippen LogP contribution in [-0.4, -0.2) is 41.2 Å². The summed E-state index contributed by atoms with van der Waals surface area (Å²) in [6.07, 6.45) is -2.13. The Balaban J connectivity index is 1.86. The maximum absolute atomic E-state index is 12.9. The van der Waals surface area contributed by atoms with Crippen LogP contribution in [0.2, 0.25) is 5.02 Å². The van der Waals surface area contributed by atoms with Crippen molar-refractivity contribution >= 4 is 33.0 Å². The molecule has 2 aromatic carbocycles. The zero-order valence-electron chi connectivity index (χ0n) is 16.3. The third-order valence-corrected chi connectivity index (χ3v) is 6.56. The lowest BCUT2D eigenvalue weighted by Gasteiger charge is -2.25. The van der Waals surface area contributed by atoms with Crippen molar-refractivity contribution in [1.82, 2.24) is 9.97 Å². The average Bonchev–Trinajstić information content (AvgIpc) is 2.75. The second-order valence-electron chi connectivity index (χ2n) is 6.77. The fourth-order valence-corrected chi connectivity index (χ4v) is 4.08. The van der Waals surface area contributed by atoms with E-state index in [2.05, 4.69) is 9.97 Å². The predicted molar refractivity (Wildman–Crippen MR) is 110 cm³/mol. The topological polar surface area (TPSA) is 109 Å². The van der Waals surface area contributed by atoms with Crippen molar-refractivity contribution in [2.45, 2.75) is 28.5 Å². The van der Waals surface area contributed by atoms with E-state index in [4.69, 9.17) is 11.6 Å².